The first kappa shape index (κ1) is 20.3. The molecule has 0 aromatic heterocycles. The van der Waals surface area contributed by atoms with E-state index in [1.54, 1.807) is 0 Å². The molecule has 0 N–H and O–H groups in total. The van der Waals surface area contributed by atoms with Crippen LogP contribution in [-0.4, -0.2) is 25.5 Å². The Morgan fingerprint density at radius 2 is 1.75 bits per heavy atom. The monoisotopic (exact) mass is 357 g/mol. The Morgan fingerprint density at radius 3 is 2.25 bits per heavy atom. The van der Waals surface area contributed by atoms with E-state index in [2.05, 4.69) is 5.16 Å². The van der Waals surface area contributed by atoms with E-state index in [1.807, 2.05) is 39.8 Å². The zero-order chi connectivity index (χ0) is 17.9. The van der Waals surface area contributed by atoms with Gasteiger partial charge in [0.25, 0.3) is 0 Å². The van der Waals surface area contributed by atoms with Crippen molar-refractivity contribution in [1.29, 1.82) is 0 Å². The lowest BCUT2D eigenvalue weighted by Crippen LogP contribution is -2.08. The fourth-order valence-electron chi connectivity index (χ4n) is 2.07. The Labute approximate surface area is 148 Å². The average molecular weight is 358 g/mol. The molecule has 0 radical (unpaired) electrons. The number of ether oxygens (including phenoxy) is 2. The molecule has 0 atom stereocenters. The minimum absolute atomic E-state index is 0.0874. The van der Waals surface area contributed by atoms with Crippen molar-refractivity contribution in [3.05, 3.63) is 34.6 Å². The zero-order valence-electron chi connectivity index (χ0n) is 14.7. The minimum atomic E-state index is -0.772. The first-order valence-electron chi connectivity index (χ1n) is 8.03. The topological polar surface area (TPSA) is 40.0 Å². The number of rotatable bonds is 10. The van der Waals surface area contributed by atoms with E-state index < -0.39 is 5.29 Å². The molecule has 0 bridgehead atoms. The molecule has 24 heavy (non-hydrogen) atoms. The van der Waals surface area contributed by atoms with Crippen molar-refractivity contribution in [2.75, 3.05) is 19.8 Å². The van der Waals surface area contributed by atoms with Crippen molar-refractivity contribution in [2.24, 2.45) is 5.16 Å². The molecule has 4 nitrogen and oxygen atoms in total. The van der Waals surface area contributed by atoms with E-state index in [0.29, 0.717) is 19.0 Å². The van der Waals surface area contributed by atoms with Gasteiger partial charge in [-0.3, -0.25) is 0 Å². The predicted molar refractivity (Wildman–Crippen MR) is 96.0 cm³/mol. The molecule has 0 fully saturated rings. The van der Waals surface area contributed by atoms with Crippen LogP contribution in [0.3, 0.4) is 0 Å². The number of oxime groups is 1. The third-order valence-corrected chi connectivity index (χ3v) is 3.29. The first-order chi connectivity index (χ1) is 11.5. The van der Waals surface area contributed by atoms with Crippen molar-refractivity contribution in [3.8, 4) is 11.5 Å². The van der Waals surface area contributed by atoms with Crippen LogP contribution < -0.4 is 9.47 Å². The maximum atomic E-state index is 12.5. The maximum Gasteiger partial charge on any atom is 0.188 e. The number of halogens is 2. The molecule has 1 rings (SSSR count). The molecule has 0 aliphatic rings. The lowest BCUT2D eigenvalue weighted by molar-refractivity contribution is 0.106. The third kappa shape index (κ3) is 7.21. The Morgan fingerprint density at radius 1 is 1.12 bits per heavy atom. The fourth-order valence-corrected chi connectivity index (χ4v) is 2.14. The van der Waals surface area contributed by atoms with Crippen molar-refractivity contribution in [2.45, 2.75) is 40.5 Å². The molecule has 1 aromatic rings. The minimum Gasteiger partial charge on any atom is -0.489 e. The number of hydrogen-bond acceptors (Lipinski definition) is 4. The van der Waals surface area contributed by atoms with Crippen LogP contribution in [0.4, 0.5) is 4.39 Å². The SMILES string of the molecule is CCc1cc(OC/C=C(\F)Cl)cc(CC)c1OCCON=C(C)C. The smallest absolute Gasteiger partial charge is 0.188 e. The van der Waals surface area contributed by atoms with Crippen molar-refractivity contribution >= 4 is 17.3 Å². The fraction of sp³-hybridized carbons (Fsp3) is 0.500. The highest BCUT2D eigenvalue weighted by Crippen LogP contribution is 2.31. The lowest BCUT2D eigenvalue weighted by atomic mass is 10.0. The van der Waals surface area contributed by atoms with Crippen LogP contribution in [-0.2, 0) is 17.7 Å². The summed E-state index contributed by atoms with van der Waals surface area (Å²) < 4.78 is 23.9. The van der Waals surface area contributed by atoms with Gasteiger partial charge in [-0.2, -0.15) is 4.39 Å². The summed E-state index contributed by atoms with van der Waals surface area (Å²) in [6.45, 7) is 8.72. The lowest BCUT2D eigenvalue weighted by Gasteiger charge is -2.16. The van der Waals surface area contributed by atoms with Gasteiger partial charge in [0.05, 0.1) is 5.71 Å². The second-order valence-corrected chi connectivity index (χ2v) is 5.66. The van der Waals surface area contributed by atoms with E-state index in [-0.39, 0.29) is 6.61 Å². The van der Waals surface area contributed by atoms with Gasteiger partial charge in [-0.25, -0.2) is 0 Å². The third-order valence-electron chi connectivity index (χ3n) is 3.13. The van der Waals surface area contributed by atoms with Crippen LogP contribution in [0.15, 0.2) is 28.7 Å². The standard InChI is InChI=1S/C18H25ClFNO3/c1-5-14-11-16(22-8-7-17(19)20)12-15(6-2)18(14)23-9-10-24-21-13(3)4/h7,11-12H,5-6,8-10H2,1-4H3/b17-7-. The van der Waals surface area contributed by atoms with E-state index in [9.17, 15) is 4.39 Å². The predicted octanol–water partition coefficient (Wildman–Crippen LogP) is 5.03. The quantitative estimate of drug-likeness (QED) is 0.335. The van der Waals surface area contributed by atoms with E-state index in [4.69, 9.17) is 25.9 Å². The molecular formula is C18H25ClFNO3. The van der Waals surface area contributed by atoms with E-state index >= 15 is 0 Å². The molecule has 0 saturated carbocycles. The highest BCUT2D eigenvalue weighted by atomic mass is 35.5. The summed E-state index contributed by atoms with van der Waals surface area (Å²) in [5.41, 5.74) is 2.94. The summed E-state index contributed by atoms with van der Waals surface area (Å²) in [5, 5.41) is 3.10. The van der Waals surface area contributed by atoms with Gasteiger partial charge >= 0.3 is 0 Å². The highest BCUT2D eigenvalue weighted by Gasteiger charge is 2.11. The van der Waals surface area contributed by atoms with Gasteiger partial charge in [-0.1, -0.05) is 30.6 Å². The molecule has 6 heteroatoms. The Kier molecular flexibility index (Phi) is 9.23. The van der Waals surface area contributed by atoms with Crippen LogP contribution >= 0.6 is 11.6 Å². The summed E-state index contributed by atoms with van der Waals surface area (Å²) in [4.78, 5) is 5.15. The summed E-state index contributed by atoms with van der Waals surface area (Å²) in [5.74, 6) is 1.53. The van der Waals surface area contributed by atoms with E-state index in [0.717, 1.165) is 35.4 Å². The van der Waals surface area contributed by atoms with Crippen LogP contribution in [0.2, 0.25) is 0 Å². The van der Waals surface area contributed by atoms with Crippen molar-refractivity contribution < 1.29 is 18.7 Å². The molecule has 1 aromatic carbocycles. The maximum absolute atomic E-state index is 12.5. The molecule has 134 valence electrons. The normalized spacial score (nSPS) is 11.2. The molecule has 0 spiro atoms. The van der Waals surface area contributed by atoms with Crippen molar-refractivity contribution in [3.63, 3.8) is 0 Å². The largest absolute Gasteiger partial charge is 0.489 e. The Hall–Kier alpha value is -1.75. The number of nitrogens with zero attached hydrogens (tertiary/aromatic N) is 1. The second-order valence-electron chi connectivity index (χ2n) is 5.30. The molecule has 0 aliphatic carbocycles. The number of hydrogen-bond donors (Lipinski definition) is 0. The van der Waals surface area contributed by atoms with Crippen LogP contribution in [0.5, 0.6) is 11.5 Å². The summed E-state index contributed by atoms with van der Waals surface area (Å²) in [6, 6.07) is 3.81. The summed E-state index contributed by atoms with van der Waals surface area (Å²) in [6.07, 6.45) is 2.77. The van der Waals surface area contributed by atoms with Gasteiger partial charge in [-0.05, 0) is 49.9 Å². The first-order valence-corrected chi connectivity index (χ1v) is 8.41. The van der Waals surface area contributed by atoms with Crippen LogP contribution in [0, 0.1) is 0 Å². The van der Waals surface area contributed by atoms with Gasteiger partial charge in [-0.15, -0.1) is 0 Å². The van der Waals surface area contributed by atoms with E-state index in [1.165, 1.54) is 6.08 Å². The van der Waals surface area contributed by atoms with Gasteiger partial charge < -0.3 is 14.3 Å². The molecule has 0 heterocycles. The number of benzene rings is 1. The molecular weight excluding hydrogens is 333 g/mol. The average Bonchev–Trinajstić information content (AvgIpc) is 2.54. The molecule has 0 saturated heterocycles. The summed E-state index contributed by atoms with van der Waals surface area (Å²) >= 11 is 5.16. The van der Waals surface area contributed by atoms with Crippen molar-refractivity contribution in [1.82, 2.24) is 0 Å². The second kappa shape index (κ2) is 10.9. The highest BCUT2D eigenvalue weighted by molar-refractivity contribution is 6.28. The van der Waals surface area contributed by atoms with Gasteiger partial charge in [0.2, 0.25) is 0 Å². The molecule has 0 amide bonds. The van der Waals surface area contributed by atoms with Crippen LogP contribution in [0.1, 0.15) is 38.8 Å². The molecule has 0 aliphatic heterocycles. The summed E-state index contributed by atoms with van der Waals surface area (Å²) in [7, 11) is 0. The van der Waals surface area contributed by atoms with Crippen LogP contribution in [0.25, 0.3) is 0 Å². The Bertz CT molecular complexity index is 555. The van der Waals surface area contributed by atoms with Gasteiger partial charge in [0.1, 0.15) is 24.7 Å². The number of aryl methyl sites for hydroxylation is 2. The molecule has 0 unspecified atom stereocenters. The Balaban J connectivity index is 2.79. The van der Waals surface area contributed by atoms with Gasteiger partial charge in [0, 0.05) is 6.08 Å². The van der Waals surface area contributed by atoms with Gasteiger partial charge in [0.15, 0.2) is 11.9 Å². The zero-order valence-corrected chi connectivity index (χ0v) is 15.5.